The van der Waals surface area contributed by atoms with Crippen LogP contribution in [0.25, 0.3) is 0 Å². The molecule has 1 N–H and O–H groups in total. The van der Waals surface area contributed by atoms with Crippen LogP contribution in [0.3, 0.4) is 0 Å². The molecule has 1 nitrogen and oxygen atoms in total. The van der Waals surface area contributed by atoms with Gasteiger partial charge in [-0.25, -0.2) is 0 Å². The van der Waals surface area contributed by atoms with Gasteiger partial charge >= 0.3 is 0 Å². The number of hydrogen-bond acceptors (Lipinski definition) is 2. The molecule has 0 amide bonds. The third-order valence-electron chi connectivity index (χ3n) is 1.46. The molecule has 1 rings (SSSR count). The molecule has 0 saturated heterocycles. The van der Waals surface area contributed by atoms with Crippen molar-refractivity contribution in [2.75, 3.05) is 6.61 Å². The first-order valence-electron chi connectivity index (χ1n) is 4.05. The summed E-state index contributed by atoms with van der Waals surface area (Å²) in [7, 11) is 0. The van der Waals surface area contributed by atoms with Crippen molar-refractivity contribution in [3.8, 4) is 11.8 Å². The van der Waals surface area contributed by atoms with Crippen LogP contribution < -0.4 is 0 Å². The lowest BCUT2D eigenvalue weighted by molar-refractivity contribution is 0.285. The van der Waals surface area contributed by atoms with Gasteiger partial charge in [-0.2, -0.15) is 11.3 Å². The Morgan fingerprint density at radius 2 is 2.33 bits per heavy atom. The van der Waals surface area contributed by atoms with Gasteiger partial charge in [0.2, 0.25) is 0 Å². The molecule has 1 aromatic rings. The van der Waals surface area contributed by atoms with E-state index in [0.717, 1.165) is 24.8 Å². The zero-order valence-corrected chi connectivity index (χ0v) is 7.73. The van der Waals surface area contributed by atoms with E-state index in [1.807, 2.05) is 16.8 Å². The summed E-state index contributed by atoms with van der Waals surface area (Å²) in [6.07, 6.45) is 2.74. The number of hydrogen-bond donors (Lipinski definition) is 1. The highest BCUT2D eigenvalue weighted by Crippen LogP contribution is 2.03. The minimum absolute atomic E-state index is 0.278. The van der Waals surface area contributed by atoms with Gasteiger partial charge in [-0.1, -0.05) is 11.8 Å². The summed E-state index contributed by atoms with van der Waals surface area (Å²) >= 11 is 1.67. The molecule has 0 aromatic carbocycles. The first-order chi connectivity index (χ1) is 5.93. The van der Waals surface area contributed by atoms with Crippen molar-refractivity contribution in [2.24, 2.45) is 0 Å². The normalized spacial score (nSPS) is 9.08. The van der Waals surface area contributed by atoms with Crippen molar-refractivity contribution in [1.82, 2.24) is 0 Å². The van der Waals surface area contributed by atoms with E-state index in [0.29, 0.717) is 0 Å². The van der Waals surface area contributed by atoms with Crippen LogP contribution in [0.1, 0.15) is 24.8 Å². The van der Waals surface area contributed by atoms with E-state index in [1.165, 1.54) is 0 Å². The topological polar surface area (TPSA) is 20.2 Å². The number of unbranched alkanes of at least 4 members (excludes halogenated alkanes) is 2. The van der Waals surface area contributed by atoms with Gasteiger partial charge in [0, 0.05) is 24.0 Å². The van der Waals surface area contributed by atoms with Gasteiger partial charge in [0.05, 0.1) is 0 Å². The molecule has 64 valence electrons. The summed E-state index contributed by atoms with van der Waals surface area (Å²) in [4.78, 5) is 0. The first kappa shape index (κ1) is 9.31. The maximum absolute atomic E-state index is 8.50. The predicted octanol–water partition coefficient (Wildman–Crippen LogP) is 2.26. The SMILES string of the molecule is OCCCCC#Cc1ccsc1. The zero-order chi connectivity index (χ0) is 8.65. The molecule has 12 heavy (non-hydrogen) atoms. The van der Waals surface area contributed by atoms with Gasteiger partial charge in [-0.3, -0.25) is 0 Å². The average Bonchev–Trinajstić information content (AvgIpc) is 2.57. The molecule has 0 aliphatic carbocycles. The Morgan fingerprint density at radius 1 is 1.42 bits per heavy atom. The van der Waals surface area contributed by atoms with E-state index in [2.05, 4.69) is 11.8 Å². The smallest absolute Gasteiger partial charge is 0.0431 e. The number of aliphatic hydroxyl groups excluding tert-OH is 1. The van der Waals surface area contributed by atoms with Crippen LogP contribution in [-0.4, -0.2) is 11.7 Å². The molecule has 0 unspecified atom stereocenters. The second-order valence-electron chi connectivity index (χ2n) is 2.49. The van der Waals surface area contributed by atoms with E-state index in [9.17, 15) is 0 Å². The first-order valence-corrected chi connectivity index (χ1v) is 4.99. The molecule has 0 aliphatic rings. The molecule has 0 radical (unpaired) electrons. The highest BCUT2D eigenvalue weighted by atomic mass is 32.1. The summed E-state index contributed by atoms with van der Waals surface area (Å²) in [6, 6.07) is 2.02. The standard InChI is InChI=1S/C10H12OS/c11-7-4-2-1-3-5-10-6-8-12-9-10/h6,8-9,11H,1-2,4,7H2. The quantitative estimate of drug-likeness (QED) is 0.559. The Kier molecular flexibility index (Phi) is 4.51. The number of aliphatic hydroxyl groups is 1. The largest absolute Gasteiger partial charge is 0.396 e. The van der Waals surface area contributed by atoms with Crippen molar-refractivity contribution < 1.29 is 5.11 Å². The summed E-state index contributed by atoms with van der Waals surface area (Å²) in [6.45, 7) is 0.278. The maximum Gasteiger partial charge on any atom is 0.0431 e. The molecule has 0 aliphatic heterocycles. The van der Waals surface area contributed by atoms with Crippen molar-refractivity contribution >= 4 is 11.3 Å². The van der Waals surface area contributed by atoms with Crippen molar-refractivity contribution in [3.05, 3.63) is 22.4 Å². The molecular formula is C10H12OS. The fraction of sp³-hybridized carbons (Fsp3) is 0.400. The summed E-state index contributed by atoms with van der Waals surface area (Å²) in [5, 5.41) is 12.6. The van der Waals surface area contributed by atoms with Crippen LogP contribution in [0.15, 0.2) is 16.8 Å². The Bertz CT molecular complexity index is 253. The van der Waals surface area contributed by atoms with Crippen LogP contribution >= 0.6 is 11.3 Å². The zero-order valence-electron chi connectivity index (χ0n) is 6.92. The Morgan fingerprint density at radius 3 is 3.00 bits per heavy atom. The summed E-state index contributed by atoms with van der Waals surface area (Å²) in [5.74, 6) is 6.13. The van der Waals surface area contributed by atoms with E-state index in [4.69, 9.17) is 5.11 Å². The molecule has 0 saturated carbocycles. The minimum Gasteiger partial charge on any atom is -0.396 e. The monoisotopic (exact) mass is 180 g/mol. The summed E-state index contributed by atoms with van der Waals surface area (Å²) < 4.78 is 0. The van der Waals surface area contributed by atoms with E-state index < -0.39 is 0 Å². The fourth-order valence-corrected chi connectivity index (χ4v) is 1.41. The minimum atomic E-state index is 0.278. The van der Waals surface area contributed by atoms with Gasteiger partial charge in [-0.15, -0.1) is 0 Å². The molecule has 1 aromatic heterocycles. The van der Waals surface area contributed by atoms with Gasteiger partial charge < -0.3 is 5.11 Å². The lowest BCUT2D eigenvalue weighted by Crippen LogP contribution is -1.80. The number of rotatable bonds is 3. The molecule has 1 heterocycles. The highest BCUT2D eigenvalue weighted by Gasteiger charge is 1.84. The molecule has 0 atom stereocenters. The predicted molar refractivity (Wildman–Crippen MR) is 52.1 cm³/mol. The van der Waals surface area contributed by atoms with Crippen molar-refractivity contribution in [1.29, 1.82) is 0 Å². The lowest BCUT2D eigenvalue weighted by atomic mass is 10.2. The van der Waals surface area contributed by atoms with Crippen LogP contribution in [0.2, 0.25) is 0 Å². The van der Waals surface area contributed by atoms with Gasteiger partial charge in [-0.05, 0) is 24.3 Å². The van der Waals surface area contributed by atoms with Crippen LogP contribution in [0, 0.1) is 11.8 Å². The van der Waals surface area contributed by atoms with E-state index >= 15 is 0 Å². The second kappa shape index (κ2) is 5.82. The van der Waals surface area contributed by atoms with Crippen LogP contribution in [-0.2, 0) is 0 Å². The number of thiophene rings is 1. The Labute approximate surface area is 77.1 Å². The molecule has 0 fully saturated rings. The van der Waals surface area contributed by atoms with Gasteiger partial charge in [0.25, 0.3) is 0 Å². The van der Waals surface area contributed by atoms with Gasteiger partial charge in [0.15, 0.2) is 0 Å². The highest BCUT2D eigenvalue weighted by molar-refractivity contribution is 7.08. The van der Waals surface area contributed by atoms with Crippen molar-refractivity contribution in [3.63, 3.8) is 0 Å². The third-order valence-corrected chi connectivity index (χ3v) is 2.15. The average molecular weight is 180 g/mol. The van der Waals surface area contributed by atoms with Crippen LogP contribution in [0.5, 0.6) is 0 Å². The Balaban J connectivity index is 2.21. The molecule has 2 heteroatoms. The maximum atomic E-state index is 8.50. The Hall–Kier alpha value is -0.780. The molecule has 0 spiro atoms. The third kappa shape index (κ3) is 3.56. The second-order valence-corrected chi connectivity index (χ2v) is 3.27. The fourth-order valence-electron chi connectivity index (χ4n) is 0.825. The van der Waals surface area contributed by atoms with Crippen molar-refractivity contribution in [2.45, 2.75) is 19.3 Å². The van der Waals surface area contributed by atoms with Crippen LogP contribution in [0.4, 0.5) is 0 Å². The lowest BCUT2D eigenvalue weighted by Gasteiger charge is -1.87. The molecule has 0 bridgehead atoms. The molecular weight excluding hydrogens is 168 g/mol. The van der Waals surface area contributed by atoms with E-state index in [-0.39, 0.29) is 6.61 Å². The van der Waals surface area contributed by atoms with Gasteiger partial charge in [0.1, 0.15) is 0 Å². The summed E-state index contributed by atoms with van der Waals surface area (Å²) in [5.41, 5.74) is 1.10. The van der Waals surface area contributed by atoms with E-state index in [1.54, 1.807) is 11.3 Å².